The van der Waals surface area contributed by atoms with Crippen molar-refractivity contribution in [3.8, 4) is 0 Å². The summed E-state index contributed by atoms with van der Waals surface area (Å²) < 4.78 is 0. The van der Waals surface area contributed by atoms with Gasteiger partial charge in [-0.3, -0.25) is 14.5 Å². The van der Waals surface area contributed by atoms with Gasteiger partial charge in [-0.2, -0.15) is 0 Å². The Balaban J connectivity index is 1.43. The minimum atomic E-state index is -0.695. The van der Waals surface area contributed by atoms with Crippen LogP contribution in [-0.2, 0) is 22.6 Å². The third-order valence-corrected chi connectivity index (χ3v) is 6.79. The van der Waals surface area contributed by atoms with E-state index in [-0.39, 0.29) is 6.04 Å². The largest absolute Gasteiger partial charge is 0.346 e. The van der Waals surface area contributed by atoms with E-state index in [4.69, 9.17) is 11.6 Å². The Labute approximate surface area is 191 Å². The van der Waals surface area contributed by atoms with Gasteiger partial charge in [0.25, 0.3) is 0 Å². The third-order valence-electron chi connectivity index (χ3n) is 5.58. The van der Waals surface area contributed by atoms with Crippen molar-refractivity contribution in [2.75, 3.05) is 18.4 Å². The average Bonchev–Trinajstić information content (AvgIpc) is 3.30. The van der Waals surface area contributed by atoms with Crippen molar-refractivity contribution in [2.24, 2.45) is 0 Å². The Kier molecular flexibility index (Phi) is 6.70. The first-order chi connectivity index (χ1) is 15.0. The summed E-state index contributed by atoms with van der Waals surface area (Å²) in [5.74, 6) is -1.35. The molecule has 0 saturated heterocycles. The lowest BCUT2D eigenvalue weighted by Gasteiger charge is -2.35. The normalized spacial score (nSPS) is 14.5. The van der Waals surface area contributed by atoms with Crippen LogP contribution in [0.3, 0.4) is 0 Å². The van der Waals surface area contributed by atoms with Gasteiger partial charge in [-0.05, 0) is 53.6 Å². The van der Waals surface area contributed by atoms with Crippen LogP contribution >= 0.6 is 22.9 Å². The first-order valence-electron chi connectivity index (χ1n) is 10.2. The second-order valence-electron chi connectivity index (χ2n) is 7.64. The number of carbonyl (C=O) groups is 2. The van der Waals surface area contributed by atoms with Crippen molar-refractivity contribution in [1.82, 2.24) is 10.2 Å². The molecule has 0 aliphatic carbocycles. The number of benzene rings is 2. The molecule has 2 amide bonds. The van der Waals surface area contributed by atoms with Gasteiger partial charge in [0.15, 0.2) is 0 Å². The van der Waals surface area contributed by atoms with E-state index in [1.165, 1.54) is 16.0 Å². The van der Waals surface area contributed by atoms with E-state index in [1.807, 2.05) is 18.4 Å². The van der Waals surface area contributed by atoms with E-state index in [0.29, 0.717) is 17.3 Å². The zero-order valence-electron chi connectivity index (χ0n) is 17.2. The fourth-order valence-electron chi connectivity index (χ4n) is 3.85. The molecule has 31 heavy (non-hydrogen) atoms. The van der Waals surface area contributed by atoms with Gasteiger partial charge >= 0.3 is 11.8 Å². The zero-order chi connectivity index (χ0) is 21.8. The number of hydrogen-bond acceptors (Lipinski definition) is 4. The summed E-state index contributed by atoms with van der Waals surface area (Å²) in [5.41, 5.74) is 4.07. The quantitative estimate of drug-likeness (QED) is 0.556. The Morgan fingerprint density at radius 3 is 2.68 bits per heavy atom. The maximum atomic E-state index is 12.5. The Hall–Kier alpha value is -2.67. The smallest absolute Gasteiger partial charge is 0.313 e. The molecule has 1 aromatic heterocycles. The van der Waals surface area contributed by atoms with Crippen molar-refractivity contribution in [2.45, 2.75) is 25.9 Å². The summed E-state index contributed by atoms with van der Waals surface area (Å²) in [6.07, 6.45) is 0.973. The number of nitrogens with one attached hydrogen (secondary N) is 2. The molecule has 5 nitrogen and oxygen atoms in total. The molecule has 2 heterocycles. The molecule has 0 radical (unpaired) electrons. The van der Waals surface area contributed by atoms with Gasteiger partial charge in [-0.1, -0.05) is 48.0 Å². The molecular weight excluding hydrogens is 430 g/mol. The summed E-state index contributed by atoms with van der Waals surface area (Å²) in [6, 6.07) is 17.8. The van der Waals surface area contributed by atoms with Crippen molar-refractivity contribution >= 4 is 40.4 Å². The molecule has 7 heteroatoms. The molecule has 0 saturated carbocycles. The minimum absolute atomic E-state index is 0.0120. The van der Waals surface area contributed by atoms with Crippen LogP contribution < -0.4 is 10.6 Å². The number of amides is 2. The predicted octanol–water partition coefficient (Wildman–Crippen LogP) is 4.56. The van der Waals surface area contributed by atoms with Gasteiger partial charge in [0.05, 0.1) is 6.04 Å². The van der Waals surface area contributed by atoms with Gasteiger partial charge in [-0.25, -0.2) is 0 Å². The van der Waals surface area contributed by atoms with Crippen LogP contribution in [0.4, 0.5) is 5.69 Å². The maximum Gasteiger partial charge on any atom is 0.313 e. The number of halogens is 1. The predicted molar refractivity (Wildman–Crippen MR) is 125 cm³/mol. The van der Waals surface area contributed by atoms with Gasteiger partial charge in [-0.15, -0.1) is 11.3 Å². The molecule has 1 aliphatic heterocycles. The molecular formula is C24H24ClN3O2S. The molecule has 160 valence electrons. The van der Waals surface area contributed by atoms with E-state index in [1.54, 1.807) is 29.5 Å². The fraction of sp³-hybridized carbons (Fsp3) is 0.250. The van der Waals surface area contributed by atoms with Crippen LogP contribution in [0.25, 0.3) is 0 Å². The number of hydrogen-bond donors (Lipinski definition) is 2. The topological polar surface area (TPSA) is 61.4 Å². The average molecular weight is 454 g/mol. The number of anilines is 1. The molecule has 1 aliphatic rings. The molecule has 0 bridgehead atoms. The number of rotatable bonds is 5. The van der Waals surface area contributed by atoms with Gasteiger partial charge in [0, 0.05) is 35.2 Å². The standard InChI is InChI=1S/C24H24ClN3O2S/c1-16-8-9-19(25)13-20(16)27-24(30)23(29)26-14-21(22-7-4-12-31-22)28-11-10-17-5-2-3-6-18(17)15-28/h2-9,12-13,21H,10-11,14-15H2,1H3,(H,26,29)(H,27,30). The highest BCUT2D eigenvalue weighted by Gasteiger charge is 2.27. The maximum absolute atomic E-state index is 12.5. The van der Waals surface area contributed by atoms with Crippen LogP contribution in [0.2, 0.25) is 5.02 Å². The highest BCUT2D eigenvalue weighted by atomic mass is 35.5. The Morgan fingerprint density at radius 1 is 1.10 bits per heavy atom. The lowest BCUT2D eigenvalue weighted by Crippen LogP contribution is -2.43. The Bertz CT molecular complexity index is 1080. The minimum Gasteiger partial charge on any atom is -0.346 e. The number of fused-ring (bicyclic) bond motifs is 1. The lowest BCUT2D eigenvalue weighted by molar-refractivity contribution is -0.136. The molecule has 2 N–H and O–H groups in total. The molecule has 4 rings (SSSR count). The van der Waals surface area contributed by atoms with Crippen LogP contribution in [-0.4, -0.2) is 29.8 Å². The monoisotopic (exact) mass is 453 g/mol. The van der Waals surface area contributed by atoms with Crippen LogP contribution in [0.1, 0.15) is 27.6 Å². The van der Waals surface area contributed by atoms with Crippen molar-refractivity contribution in [3.63, 3.8) is 0 Å². The summed E-state index contributed by atoms with van der Waals surface area (Å²) in [6.45, 7) is 3.94. The SMILES string of the molecule is Cc1ccc(Cl)cc1NC(=O)C(=O)NCC(c1cccs1)N1CCc2ccccc2C1. The van der Waals surface area contributed by atoms with E-state index in [0.717, 1.165) is 25.1 Å². The summed E-state index contributed by atoms with van der Waals surface area (Å²) >= 11 is 7.67. The first-order valence-corrected chi connectivity index (χ1v) is 11.5. The van der Waals surface area contributed by atoms with Gasteiger partial charge in [0.1, 0.15) is 0 Å². The van der Waals surface area contributed by atoms with E-state index in [9.17, 15) is 9.59 Å². The third kappa shape index (κ3) is 5.15. The summed E-state index contributed by atoms with van der Waals surface area (Å²) in [5, 5.41) is 8.03. The molecule has 1 atom stereocenters. The Morgan fingerprint density at radius 2 is 1.90 bits per heavy atom. The molecule has 0 spiro atoms. The lowest BCUT2D eigenvalue weighted by atomic mass is 9.98. The van der Waals surface area contributed by atoms with Gasteiger partial charge in [0.2, 0.25) is 0 Å². The summed E-state index contributed by atoms with van der Waals surface area (Å²) in [7, 11) is 0. The highest BCUT2D eigenvalue weighted by molar-refractivity contribution is 7.10. The van der Waals surface area contributed by atoms with E-state index in [2.05, 4.69) is 45.9 Å². The van der Waals surface area contributed by atoms with Gasteiger partial charge < -0.3 is 10.6 Å². The van der Waals surface area contributed by atoms with Crippen LogP contribution in [0, 0.1) is 6.92 Å². The van der Waals surface area contributed by atoms with E-state index >= 15 is 0 Å². The van der Waals surface area contributed by atoms with Crippen LogP contribution in [0.5, 0.6) is 0 Å². The number of aryl methyl sites for hydroxylation is 1. The summed E-state index contributed by atoms with van der Waals surface area (Å²) in [4.78, 5) is 28.5. The first kappa shape index (κ1) is 21.6. The highest BCUT2D eigenvalue weighted by Crippen LogP contribution is 2.30. The second kappa shape index (κ2) is 9.64. The fourth-order valence-corrected chi connectivity index (χ4v) is 4.88. The molecule has 3 aromatic rings. The van der Waals surface area contributed by atoms with Crippen LogP contribution in [0.15, 0.2) is 60.0 Å². The number of carbonyl (C=O) groups excluding carboxylic acids is 2. The number of nitrogens with zero attached hydrogens (tertiary/aromatic N) is 1. The molecule has 2 aromatic carbocycles. The van der Waals surface area contributed by atoms with Crippen molar-refractivity contribution in [3.05, 3.63) is 86.6 Å². The van der Waals surface area contributed by atoms with Crippen molar-refractivity contribution in [1.29, 1.82) is 0 Å². The molecule has 0 fully saturated rings. The van der Waals surface area contributed by atoms with Crippen molar-refractivity contribution < 1.29 is 9.59 Å². The number of thiophene rings is 1. The van der Waals surface area contributed by atoms with E-state index < -0.39 is 11.8 Å². The second-order valence-corrected chi connectivity index (χ2v) is 9.06. The zero-order valence-corrected chi connectivity index (χ0v) is 18.8. The molecule has 1 unspecified atom stereocenters.